The van der Waals surface area contributed by atoms with Gasteiger partial charge >= 0.3 is 0 Å². The van der Waals surface area contributed by atoms with Crippen LogP contribution in [-0.4, -0.2) is 21.8 Å². The topological polar surface area (TPSA) is 74.6 Å². The highest BCUT2D eigenvalue weighted by molar-refractivity contribution is 5.99. The fraction of sp³-hybridized carbons (Fsp3) is 0.500. The zero-order valence-corrected chi connectivity index (χ0v) is 11.9. The molecule has 0 aliphatic heterocycles. The van der Waals surface area contributed by atoms with E-state index < -0.39 is 0 Å². The number of benzene rings is 1. The third-order valence-electron chi connectivity index (χ3n) is 3.19. The first-order valence-corrected chi connectivity index (χ1v) is 7.07. The Kier molecular flexibility index (Phi) is 6.77. The summed E-state index contributed by atoms with van der Waals surface area (Å²) < 4.78 is 0. The summed E-state index contributed by atoms with van der Waals surface area (Å²) in [7, 11) is 0. The third kappa shape index (κ3) is 5.87. The van der Waals surface area contributed by atoms with E-state index in [0.29, 0.717) is 12.8 Å². The lowest BCUT2D eigenvalue weighted by atomic mass is 10.0. The van der Waals surface area contributed by atoms with E-state index in [1.54, 1.807) is 6.07 Å². The van der Waals surface area contributed by atoms with Gasteiger partial charge in [-0.15, -0.1) is 0 Å². The van der Waals surface area contributed by atoms with Crippen LogP contribution in [0.1, 0.15) is 51.0 Å². The number of aryl methyl sites for hydroxylation is 1. The van der Waals surface area contributed by atoms with Gasteiger partial charge in [-0.25, -0.2) is 0 Å². The van der Waals surface area contributed by atoms with Gasteiger partial charge < -0.3 is 10.2 Å². The van der Waals surface area contributed by atoms with E-state index in [2.05, 4.69) is 6.92 Å². The normalized spacial score (nSPS) is 10.4. The highest BCUT2D eigenvalue weighted by atomic mass is 16.3. The maximum atomic E-state index is 11.7. The van der Waals surface area contributed by atoms with E-state index in [-0.39, 0.29) is 35.9 Å². The minimum atomic E-state index is -0.189. The molecular weight excluding hydrogens is 256 g/mol. The summed E-state index contributed by atoms with van der Waals surface area (Å²) in [6.45, 7) is 2.07. The van der Waals surface area contributed by atoms with Crippen LogP contribution in [0.25, 0.3) is 0 Å². The average Bonchev–Trinajstić information content (AvgIpc) is 2.40. The van der Waals surface area contributed by atoms with Crippen molar-refractivity contribution >= 4 is 11.6 Å². The van der Waals surface area contributed by atoms with Crippen molar-refractivity contribution in [1.29, 1.82) is 0 Å². The number of phenols is 2. The van der Waals surface area contributed by atoms with E-state index >= 15 is 0 Å². The summed E-state index contributed by atoms with van der Waals surface area (Å²) in [4.78, 5) is 23.2. The van der Waals surface area contributed by atoms with Gasteiger partial charge in [0.1, 0.15) is 11.6 Å². The number of carbonyl (C=O) groups is 2. The Morgan fingerprint density at radius 1 is 1.00 bits per heavy atom. The first-order chi connectivity index (χ1) is 9.52. The van der Waals surface area contributed by atoms with Crippen molar-refractivity contribution in [2.24, 2.45) is 0 Å². The van der Waals surface area contributed by atoms with Crippen molar-refractivity contribution in [3.63, 3.8) is 0 Å². The monoisotopic (exact) mass is 278 g/mol. The molecule has 0 saturated heterocycles. The lowest BCUT2D eigenvalue weighted by molar-refractivity contribution is -0.127. The van der Waals surface area contributed by atoms with Crippen molar-refractivity contribution in [3.05, 3.63) is 23.8 Å². The molecule has 0 aliphatic rings. The molecule has 4 heteroatoms. The number of aromatic hydroxyl groups is 2. The van der Waals surface area contributed by atoms with Crippen molar-refractivity contribution in [1.82, 2.24) is 0 Å². The number of rotatable bonds is 9. The number of carbonyl (C=O) groups excluding carboxylic acids is 2. The summed E-state index contributed by atoms with van der Waals surface area (Å²) in [5, 5.41) is 18.5. The maximum absolute atomic E-state index is 11.7. The van der Waals surface area contributed by atoms with Crippen molar-refractivity contribution in [2.75, 3.05) is 0 Å². The van der Waals surface area contributed by atoms with Gasteiger partial charge in [0.15, 0.2) is 11.5 Å². The molecule has 0 fully saturated rings. The van der Waals surface area contributed by atoms with Gasteiger partial charge in [-0.1, -0.05) is 25.8 Å². The predicted molar refractivity (Wildman–Crippen MR) is 76.9 cm³/mol. The quantitative estimate of drug-likeness (QED) is 0.413. The SMILES string of the molecule is CCCCCC(=O)CC(=O)CCc1ccc(O)c(O)c1. The lowest BCUT2D eigenvalue weighted by Crippen LogP contribution is -2.08. The number of unbranched alkanes of at least 4 members (excludes halogenated alkanes) is 2. The largest absolute Gasteiger partial charge is 0.504 e. The van der Waals surface area contributed by atoms with Gasteiger partial charge in [0, 0.05) is 12.8 Å². The molecule has 4 nitrogen and oxygen atoms in total. The minimum absolute atomic E-state index is 0.00772. The first kappa shape index (κ1) is 16.2. The Hall–Kier alpha value is -1.84. The zero-order valence-electron chi connectivity index (χ0n) is 11.9. The molecule has 1 aromatic carbocycles. The molecule has 1 aromatic rings. The Morgan fingerprint density at radius 2 is 1.70 bits per heavy atom. The smallest absolute Gasteiger partial charge is 0.157 e. The van der Waals surface area contributed by atoms with Gasteiger partial charge in [0.25, 0.3) is 0 Å². The van der Waals surface area contributed by atoms with E-state index in [4.69, 9.17) is 0 Å². The van der Waals surface area contributed by atoms with Crippen molar-refractivity contribution in [2.45, 2.75) is 51.9 Å². The second kappa shape index (κ2) is 8.35. The van der Waals surface area contributed by atoms with E-state index in [1.165, 1.54) is 12.1 Å². The molecule has 0 bridgehead atoms. The van der Waals surface area contributed by atoms with Gasteiger partial charge in [-0.3, -0.25) is 9.59 Å². The van der Waals surface area contributed by atoms with Crippen LogP contribution in [0.2, 0.25) is 0 Å². The Bertz CT molecular complexity index is 466. The molecule has 0 aromatic heterocycles. The number of Topliss-reactive ketones (excluding diaryl/α,β-unsaturated/α-hetero) is 2. The number of hydrogen-bond donors (Lipinski definition) is 2. The van der Waals surface area contributed by atoms with E-state index in [9.17, 15) is 19.8 Å². The Balaban J connectivity index is 2.32. The van der Waals surface area contributed by atoms with Crippen LogP contribution < -0.4 is 0 Å². The summed E-state index contributed by atoms with van der Waals surface area (Å²) >= 11 is 0. The van der Waals surface area contributed by atoms with Crippen LogP contribution in [0.4, 0.5) is 0 Å². The number of phenolic OH excluding ortho intramolecular Hbond substituents is 2. The number of hydrogen-bond acceptors (Lipinski definition) is 4. The van der Waals surface area contributed by atoms with E-state index in [0.717, 1.165) is 24.8 Å². The summed E-state index contributed by atoms with van der Waals surface area (Å²) in [5.74, 6) is -0.423. The first-order valence-electron chi connectivity index (χ1n) is 7.07. The maximum Gasteiger partial charge on any atom is 0.157 e. The van der Waals surface area contributed by atoms with Crippen LogP contribution in [-0.2, 0) is 16.0 Å². The van der Waals surface area contributed by atoms with Crippen LogP contribution in [0.15, 0.2) is 18.2 Å². The number of ketones is 2. The predicted octanol–water partition coefficient (Wildman–Crippen LogP) is 3.14. The third-order valence-corrected chi connectivity index (χ3v) is 3.19. The lowest BCUT2D eigenvalue weighted by Gasteiger charge is -2.03. The van der Waals surface area contributed by atoms with Crippen LogP contribution in [0, 0.1) is 0 Å². The standard InChI is InChI=1S/C16H22O4/c1-2-3-4-5-13(17)11-14(18)8-6-12-7-9-15(19)16(20)10-12/h7,9-10,19-20H,2-6,8,11H2,1H3. The molecule has 0 radical (unpaired) electrons. The molecule has 0 amide bonds. The molecule has 2 N–H and O–H groups in total. The summed E-state index contributed by atoms with van der Waals surface area (Å²) in [5.41, 5.74) is 0.770. The highest BCUT2D eigenvalue weighted by Crippen LogP contribution is 2.25. The van der Waals surface area contributed by atoms with Gasteiger partial charge in [-0.2, -0.15) is 0 Å². The zero-order chi connectivity index (χ0) is 15.0. The molecule has 0 aliphatic carbocycles. The molecular formula is C16H22O4. The summed E-state index contributed by atoms with van der Waals surface area (Å²) in [6.07, 6.45) is 4.18. The second-order valence-corrected chi connectivity index (χ2v) is 5.03. The fourth-order valence-corrected chi connectivity index (χ4v) is 1.98. The molecule has 1 rings (SSSR count). The molecule has 0 spiro atoms. The van der Waals surface area contributed by atoms with Gasteiger partial charge in [0.05, 0.1) is 6.42 Å². The van der Waals surface area contributed by atoms with Crippen LogP contribution in [0.3, 0.4) is 0 Å². The fourth-order valence-electron chi connectivity index (χ4n) is 1.98. The molecule has 0 atom stereocenters. The van der Waals surface area contributed by atoms with Crippen LogP contribution in [0.5, 0.6) is 11.5 Å². The molecule has 20 heavy (non-hydrogen) atoms. The van der Waals surface area contributed by atoms with Gasteiger partial charge in [-0.05, 0) is 30.5 Å². The Morgan fingerprint density at radius 3 is 2.35 bits per heavy atom. The van der Waals surface area contributed by atoms with Crippen molar-refractivity contribution in [3.8, 4) is 11.5 Å². The summed E-state index contributed by atoms with van der Waals surface area (Å²) in [6, 6.07) is 4.49. The minimum Gasteiger partial charge on any atom is -0.504 e. The molecule has 0 saturated carbocycles. The highest BCUT2D eigenvalue weighted by Gasteiger charge is 2.10. The molecule has 0 unspecified atom stereocenters. The molecule has 0 heterocycles. The molecule has 110 valence electrons. The van der Waals surface area contributed by atoms with Gasteiger partial charge in [0.2, 0.25) is 0 Å². The second-order valence-electron chi connectivity index (χ2n) is 5.03. The Labute approximate surface area is 119 Å². The average molecular weight is 278 g/mol. The van der Waals surface area contributed by atoms with E-state index in [1.807, 2.05) is 0 Å². The van der Waals surface area contributed by atoms with Crippen LogP contribution >= 0.6 is 0 Å². The van der Waals surface area contributed by atoms with Crippen molar-refractivity contribution < 1.29 is 19.8 Å².